The first-order chi connectivity index (χ1) is 13.7. The van der Waals surface area contributed by atoms with E-state index in [1.54, 1.807) is 0 Å². The van der Waals surface area contributed by atoms with E-state index in [2.05, 4.69) is 23.1 Å². The van der Waals surface area contributed by atoms with Gasteiger partial charge in [-0.3, -0.25) is 9.69 Å². The standard InChI is InChI=1S/C15H24N2O.C8H9NO/c16-8-5-11-18-15-7-4-6-14(12-15)13-17-9-2-1-3-10-17;9-8(10)6-7-4-2-1-3-5-7/h4,6-7,12H,1-3,5,8-11,13,16H2;1-5H,6H2,(H2,9,10). The number of carbonyl (C=O) groups excluding carboxylic acids is 1. The average Bonchev–Trinajstić information content (AvgIpc) is 2.70. The number of primary amides is 1. The number of amides is 1. The third kappa shape index (κ3) is 9.02. The van der Waals surface area contributed by atoms with E-state index in [-0.39, 0.29) is 5.91 Å². The van der Waals surface area contributed by atoms with Gasteiger partial charge in [-0.25, -0.2) is 0 Å². The Hall–Kier alpha value is -2.37. The number of likely N-dealkylation sites (tertiary alicyclic amines) is 1. The fraction of sp³-hybridized carbons (Fsp3) is 0.435. The van der Waals surface area contributed by atoms with E-state index in [0.29, 0.717) is 19.6 Å². The molecule has 0 spiro atoms. The highest BCUT2D eigenvalue weighted by Crippen LogP contribution is 2.17. The van der Waals surface area contributed by atoms with Crippen LogP contribution in [0.25, 0.3) is 0 Å². The molecule has 0 radical (unpaired) electrons. The van der Waals surface area contributed by atoms with Crippen molar-refractivity contribution < 1.29 is 9.53 Å². The summed E-state index contributed by atoms with van der Waals surface area (Å²) in [5.41, 5.74) is 12.8. The molecule has 5 nitrogen and oxygen atoms in total. The maximum atomic E-state index is 10.4. The van der Waals surface area contributed by atoms with Crippen molar-refractivity contribution in [1.82, 2.24) is 4.90 Å². The zero-order valence-electron chi connectivity index (χ0n) is 16.7. The molecule has 1 heterocycles. The second kappa shape index (κ2) is 12.9. The van der Waals surface area contributed by atoms with Crippen LogP contribution in [0.3, 0.4) is 0 Å². The Morgan fingerprint density at radius 3 is 2.36 bits per heavy atom. The summed E-state index contributed by atoms with van der Waals surface area (Å²) >= 11 is 0. The summed E-state index contributed by atoms with van der Waals surface area (Å²) in [7, 11) is 0. The summed E-state index contributed by atoms with van der Waals surface area (Å²) in [5, 5.41) is 0. The summed E-state index contributed by atoms with van der Waals surface area (Å²) in [6.07, 6.45) is 5.31. The van der Waals surface area contributed by atoms with Crippen LogP contribution in [0.1, 0.15) is 36.8 Å². The Bertz CT molecular complexity index is 685. The van der Waals surface area contributed by atoms with Crippen molar-refractivity contribution in [3.63, 3.8) is 0 Å². The molecule has 2 aromatic carbocycles. The van der Waals surface area contributed by atoms with Crippen LogP contribution < -0.4 is 16.2 Å². The lowest BCUT2D eigenvalue weighted by molar-refractivity contribution is -0.117. The van der Waals surface area contributed by atoms with Crippen molar-refractivity contribution in [2.75, 3.05) is 26.2 Å². The molecule has 0 unspecified atom stereocenters. The predicted octanol–water partition coefficient (Wildman–Crippen LogP) is 3.11. The van der Waals surface area contributed by atoms with Crippen LogP contribution in [0.4, 0.5) is 0 Å². The number of piperidine rings is 1. The Morgan fingerprint density at radius 1 is 0.964 bits per heavy atom. The van der Waals surface area contributed by atoms with Gasteiger partial charge in [0.15, 0.2) is 0 Å². The summed E-state index contributed by atoms with van der Waals surface area (Å²) < 4.78 is 5.68. The average molecular weight is 384 g/mol. The van der Waals surface area contributed by atoms with E-state index in [1.807, 2.05) is 36.4 Å². The van der Waals surface area contributed by atoms with Gasteiger partial charge in [-0.2, -0.15) is 0 Å². The first kappa shape index (κ1) is 21.9. The molecular weight excluding hydrogens is 350 g/mol. The van der Waals surface area contributed by atoms with Gasteiger partial charge in [-0.1, -0.05) is 48.9 Å². The van der Waals surface area contributed by atoms with Gasteiger partial charge in [0.25, 0.3) is 0 Å². The van der Waals surface area contributed by atoms with E-state index < -0.39 is 0 Å². The normalized spacial score (nSPS) is 14.0. The molecule has 5 heteroatoms. The number of rotatable bonds is 8. The second-order valence-corrected chi connectivity index (χ2v) is 7.10. The summed E-state index contributed by atoms with van der Waals surface area (Å²) in [6, 6.07) is 17.9. The minimum absolute atomic E-state index is 0.286. The number of benzene rings is 2. The molecule has 1 amide bonds. The number of nitrogens with two attached hydrogens (primary N) is 2. The number of hydrogen-bond acceptors (Lipinski definition) is 4. The Morgan fingerprint density at radius 2 is 1.68 bits per heavy atom. The second-order valence-electron chi connectivity index (χ2n) is 7.10. The highest BCUT2D eigenvalue weighted by molar-refractivity contribution is 5.76. The maximum Gasteiger partial charge on any atom is 0.221 e. The van der Waals surface area contributed by atoms with Crippen LogP contribution in [0.15, 0.2) is 54.6 Å². The summed E-state index contributed by atoms with van der Waals surface area (Å²) in [6.45, 7) is 4.92. The predicted molar refractivity (Wildman–Crippen MR) is 114 cm³/mol. The summed E-state index contributed by atoms with van der Waals surface area (Å²) in [5.74, 6) is 0.684. The third-order valence-electron chi connectivity index (χ3n) is 4.59. The van der Waals surface area contributed by atoms with E-state index in [0.717, 1.165) is 24.3 Å². The highest BCUT2D eigenvalue weighted by atomic mass is 16.5. The maximum absolute atomic E-state index is 10.4. The zero-order chi connectivity index (χ0) is 20.0. The van der Waals surface area contributed by atoms with Crippen LogP contribution in [-0.4, -0.2) is 37.0 Å². The van der Waals surface area contributed by atoms with Crippen LogP contribution in [-0.2, 0) is 17.8 Å². The molecule has 152 valence electrons. The topological polar surface area (TPSA) is 81.6 Å². The zero-order valence-corrected chi connectivity index (χ0v) is 16.7. The molecule has 1 saturated heterocycles. The molecule has 28 heavy (non-hydrogen) atoms. The Labute approximate surface area is 168 Å². The molecule has 0 atom stereocenters. The molecule has 0 bridgehead atoms. The van der Waals surface area contributed by atoms with E-state index in [9.17, 15) is 4.79 Å². The Balaban J connectivity index is 0.000000237. The molecule has 1 aliphatic heterocycles. The molecule has 2 aromatic rings. The van der Waals surface area contributed by atoms with Crippen molar-refractivity contribution in [3.05, 3.63) is 65.7 Å². The Kier molecular flexibility index (Phi) is 10.1. The lowest BCUT2D eigenvalue weighted by Gasteiger charge is -2.26. The van der Waals surface area contributed by atoms with Crippen molar-refractivity contribution >= 4 is 5.91 Å². The SMILES string of the molecule is NC(=O)Cc1ccccc1.NCCCOc1cccc(CN2CCCCC2)c1. The molecule has 0 aromatic heterocycles. The molecule has 4 N–H and O–H groups in total. The minimum atomic E-state index is -0.286. The smallest absolute Gasteiger partial charge is 0.221 e. The van der Waals surface area contributed by atoms with Gasteiger partial charge in [-0.15, -0.1) is 0 Å². The van der Waals surface area contributed by atoms with E-state index >= 15 is 0 Å². The highest BCUT2D eigenvalue weighted by Gasteiger charge is 2.10. The van der Waals surface area contributed by atoms with Gasteiger partial charge in [-0.05, 0) is 62.2 Å². The van der Waals surface area contributed by atoms with Crippen LogP contribution >= 0.6 is 0 Å². The van der Waals surface area contributed by atoms with E-state index in [1.165, 1.54) is 37.9 Å². The van der Waals surface area contributed by atoms with Gasteiger partial charge in [0.1, 0.15) is 5.75 Å². The van der Waals surface area contributed by atoms with Gasteiger partial charge in [0.2, 0.25) is 5.91 Å². The van der Waals surface area contributed by atoms with Crippen molar-refractivity contribution in [2.45, 2.75) is 38.6 Å². The quantitative estimate of drug-likeness (QED) is 0.686. The first-order valence-corrected chi connectivity index (χ1v) is 10.1. The van der Waals surface area contributed by atoms with Gasteiger partial charge in [0.05, 0.1) is 13.0 Å². The first-order valence-electron chi connectivity index (χ1n) is 10.1. The largest absolute Gasteiger partial charge is 0.494 e. The number of nitrogens with zero attached hydrogens (tertiary/aromatic N) is 1. The minimum Gasteiger partial charge on any atom is -0.494 e. The molecule has 3 rings (SSSR count). The lowest BCUT2D eigenvalue weighted by atomic mass is 10.1. The number of hydrogen-bond donors (Lipinski definition) is 2. The third-order valence-corrected chi connectivity index (χ3v) is 4.59. The number of ether oxygens (including phenoxy) is 1. The molecule has 0 aliphatic carbocycles. The molecule has 1 fully saturated rings. The van der Waals surface area contributed by atoms with Crippen LogP contribution in [0.5, 0.6) is 5.75 Å². The van der Waals surface area contributed by atoms with Crippen molar-refractivity contribution in [1.29, 1.82) is 0 Å². The van der Waals surface area contributed by atoms with Gasteiger partial charge >= 0.3 is 0 Å². The summed E-state index contributed by atoms with van der Waals surface area (Å²) in [4.78, 5) is 12.9. The molecule has 1 aliphatic rings. The molecule has 0 saturated carbocycles. The van der Waals surface area contributed by atoms with Crippen molar-refractivity contribution in [2.24, 2.45) is 11.5 Å². The molecular formula is C23H33N3O2. The fourth-order valence-electron chi connectivity index (χ4n) is 3.18. The number of carbonyl (C=O) groups is 1. The van der Waals surface area contributed by atoms with Gasteiger partial charge in [0, 0.05) is 6.54 Å². The van der Waals surface area contributed by atoms with Gasteiger partial charge < -0.3 is 16.2 Å². The lowest BCUT2D eigenvalue weighted by Crippen LogP contribution is -2.29. The van der Waals surface area contributed by atoms with E-state index in [4.69, 9.17) is 16.2 Å². The van der Waals surface area contributed by atoms with Crippen molar-refractivity contribution in [3.8, 4) is 5.75 Å². The monoisotopic (exact) mass is 383 g/mol. The fourth-order valence-corrected chi connectivity index (χ4v) is 3.18. The van der Waals surface area contributed by atoms with Crippen LogP contribution in [0.2, 0.25) is 0 Å². The van der Waals surface area contributed by atoms with Crippen LogP contribution in [0, 0.1) is 0 Å².